The zero-order valence-electron chi connectivity index (χ0n) is 13.9. The number of benzene rings is 2. The molecule has 1 aromatic heterocycles. The Hall–Kier alpha value is -2.80. The van der Waals surface area contributed by atoms with Crippen LogP contribution in [0.4, 0.5) is 5.69 Å². The number of aryl methyl sites for hydroxylation is 1. The lowest BCUT2D eigenvalue weighted by Crippen LogP contribution is -2.22. The molecule has 0 fully saturated rings. The first-order valence-electron chi connectivity index (χ1n) is 7.76. The molecule has 0 spiro atoms. The van der Waals surface area contributed by atoms with Crippen molar-refractivity contribution in [3.05, 3.63) is 60.9 Å². The second-order valence-electron chi connectivity index (χ2n) is 5.42. The van der Waals surface area contributed by atoms with E-state index < -0.39 is 0 Å². The van der Waals surface area contributed by atoms with Gasteiger partial charge in [-0.15, -0.1) is 10.2 Å². The Kier molecular flexibility index (Phi) is 5.35. The molecule has 0 saturated carbocycles. The summed E-state index contributed by atoms with van der Waals surface area (Å²) in [5.41, 5.74) is 0.684. The molecule has 3 rings (SSSR count). The molecule has 1 N–H and O–H groups in total. The smallest absolute Gasteiger partial charge is 0.237 e. The van der Waals surface area contributed by atoms with Gasteiger partial charge in [-0.2, -0.15) is 0 Å². The third kappa shape index (κ3) is 4.60. The lowest BCUT2D eigenvalue weighted by atomic mass is 10.3. The maximum atomic E-state index is 12.4. The topological polar surface area (TPSA) is 69.0 Å². The Morgan fingerprint density at radius 1 is 1.16 bits per heavy atom. The second-order valence-corrected chi connectivity index (χ2v) is 6.72. The van der Waals surface area contributed by atoms with Crippen LogP contribution in [0.2, 0.25) is 0 Å². The van der Waals surface area contributed by atoms with Gasteiger partial charge < -0.3 is 14.6 Å². The van der Waals surface area contributed by atoms with E-state index >= 15 is 0 Å². The van der Waals surface area contributed by atoms with Gasteiger partial charge in [0.15, 0.2) is 5.16 Å². The number of carbonyl (C=O) groups is 1. The molecule has 0 aliphatic heterocycles. The third-order valence-electron chi connectivity index (χ3n) is 3.40. The highest BCUT2D eigenvalue weighted by atomic mass is 32.2. The molecule has 1 amide bonds. The SMILES string of the molecule is CC(Sc1nncn1C)C(=O)Nc1cccc(Oc2ccccc2)c1. The second kappa shape index (κ2) is 7.85. The summed E-state index contributed by atoms with van der Waals surface area (Å²) in [6.45, 7) is 1.83. The summed E-state index contributed by atoms with van der Waals surface area (Å²) in [7, 11) is 1.84. The molecule has 0 aliphatic carbocycles. The van der Waals surface area contributed by atoms with Crippen LogP contribution in [0.3, 0.4) is 0 Å². The van der Waals surface area contributed by atoms with Gasteiger partial charge in [0, 0.05) is 18.8 Å². The first kappa shape index (κ1) is 17.0. The van der Waals surface area contributed by atoms with Crippen LogP contribution >= 0.6 is 11.8 Å². The molecule has 3 aromatic rings. The van der Waals surface area contributed by atoms with Gasteiger partial charge in [-0.05, 0) is 31.2 Å². The van der Waals surface area contributed by atoms with Crippen LogP contribution in [0.15, 0.2) is 66.1 Å². The Morgan fingerprint density at radius 3 is 2.64 bits per heavy atom. The summed E-state index contributed by atoms with van der Waals surface area (Å²) in [5, 5.41) is 11.1. The van der Waals surface area contributed by atoms with Crippen LogP contribution in [0.1, 0.15) is 6.92 Å². The lowest BCUT2D eigenvalue weighted by molar-refractivity contribution is -0.115. The fraction of sp³-hybridized carbons (Fsp3) is 0.167. The molecule has 0 aliphatic rings. The highest BCUT2D eigenvalue weighted by Gasteiger charge is 2.17. The fourth-order valence-corrected chi connectivity index (χ4v) is 2.89. The van der Waals surface area contributed by atoms with Crippen molar-refractivity contribution in [3.8, 4) is 11.5 Å². The Bertz CT molecular complexity index is 851. The van der Waals surface area contributed by atoms with Gasteiger partial charge in [0.05, 0.1) is 5.25 Å². The highest BCUT2D eigenvalue weighted by Crippen LogP contribution is 2.25. The summed E-state index contributed by atoms with van der Waals surface area (Å²) < 4.78 is 7.56. The Morgan fingerprint density at radius 2 is 1.92 bits per heavy atom. The predicted molar refractivity (Wildman–Crippen MR) is 97.9 cm³/mol. The van der Waals surface area contributed by atoms with E-state index in [2.05, 4.69) is 15.5 Å². The van der Waals surface area contributed by atoms with E-state index in [4.69, 9.17) is 4.74 Å². The van der Waals surface area contributed by atoms with Crippen LogP contribution in [-0.2, 0) is 11.8 Å². The van der Waals surface area contributed by atoms with Crippen molar-refractivity contribution in [2.75, 3.05) is 5.32 Å². The van der Waals surface area contributed by atoms with Crippen molar-refractivity contribution >= 4 is 23.4 Å². The number of anilines is 1. The number of nitrogens with one attached hydrogen (secondary N) is 1. The number of thioether (sulfide) groups is 1. The summed E-state index contributed by atoms with van der Waals surface area (Å²) in [6.07, 6.45) is 1.61. The molecule has 0 bridgehead atoms. The molecule has 1 heterocycles. The molecule has 1 atom stereocenters. The number of hydrogen-bond acceptors (Lipinski definition) is 5. The van der Waals surface area contributed by atoms with Gasteiger partial charge in [-0.1, -0.05) is 36.0 Å². The van der Waals surface area contributed by atoms with Gasteiger partial charge in [-0.25, -0.2) is 0 Å². The molecule has 0 radical (unpaired) electrons. The molecule has 25 heavy (non-hydrogen) atoms. The number of para-hydroxylation sites is 1. The summed E-state index contributed by atoms with van der Waals surface area (Å²) in [6, 6.07) is 16.8. The molecule has 128 valence electrons. The molecule has 2 aromatic carbocycles. The van der Waals surface area contributed by atoms with Gasteiger partial charge in [0.1, 0.15) is 17.8 Å². The highest BCUT2D eigenvalue weighted by molar-refractivity contribution is 8.00. The number of amides is 1. The largest absolute Gasteiger partial charge is 0.457 e. The number of rotatable bonds is 6. The predicted octanol–water partition coefficient (Wildman–Crippen LogP) is 3.73. The number of ether oxygens (including phenoxy) is 1. The van der Waals surface area contributed by atoms with E-state index in [0.29, 0.717) is 16.6 Å². The monoisotopic (exact) mass is 354 g/mol. The van der Waals surface area contributed by atoms with Crippen molar-refractivity contribution in [2.45, 2.75) is 17.3 Å². The molecule has 0 saturated heterocycles. The van der Waals surface area contributed by atoms with Crippen molar-refractivity contribution in [3.63, 3.8) is 0 Å². The van der Waals surface area contributed by atoms with Crippen molar-refractivity contribution in [1.29, 1.82) is 0 Å². The number of nitrogens with zero attached hydrogens (tertiary/aromatic N) is 3. The first-order valence-corrected chi connectivity index (χ1v) is 8.64. The van der Waals surface area contributed by atoms with Crippen LogP contribution in [0.25, 0.3) is 0 Å². The van der Waals surface area contributed by atoms with E-state index in [0.717, 1.165) is 5.75 Å². The number of hydrogen-bond donors (Lipinski definition) is 1. The molecule has 1 unspecified atom stereocenters. The van der Waals surface area contributed by atoms with Gasteiger partial charge in [0.25, 0.3) is 0 Å². The normalized spacial score (nSPS) is 11.8. The maximum absolute atomic E-state index is 12.4. The van der Waals surface area contributed by atoms with Gasteiger partial charge >= 0.3 is 0 Å². The molecular weight excluding hydrogens is 336 g/mol. The average molecular weight is 354 g/mol. The van der Waals surface area contributed by atoms with Crippen molar-refractivity contribution in [1.82, 2.24) is 14.8 Å². The fourth-order valence-electron chi connectivity index (χ4n) is 2.10. The quantitative estimate of drug-likeness (QED) is 0.683. The number of carbonyl (C=O) groups excluding carboxylic acids is 1. The summed E-state index contributed by atoms with van der Waals surface area (Å²) in [5.74, 6) is 1.31. The van der Waals surface area contributed by atoms with Crippen molar-refractivity contribution in [2.24, 2.45) is 7.05 Å². The van der Waals surface area contributed by atoms with E-state index in [1.54, 1.807) is 17.0 Å². The Labute approximate surface area is 150 Å². The van der Waals surface area contributed by atoms with E-state index in [1.807, 2.05) is 62.5 Å². The average Bonchev–Trinajstić information content (AvgIpc) is 3.01. The minimum atomic E-state index is -0.304. The van der Waals surface area contributed by atoms with E-state index in [9.17, 15) is 4.79 Å². The third-order valence-corrected chi connectivity index (χ3v) is 4.55. The van der Waals surface area contributed by atoms with Crippen LogP contribution in [0.5, 0.6) is 11.5 Å². The van der Waals surface area contributed by atoms with Crippen molar-refractivity contribution < 1.29 is 9.53 Å². The van der Waals surface area contributed by atoms with Crippen LogP contribution in [0, 0.1) is 0 Å². The molecule has 7 heteroatoms. The zero-order chi connectivity index (χ0) is 17.6. The maximum Gasteiger partial charge on any atom is 0.237 e. The molecule has 6 nitrogen and oxygen atoms in total. The van der Waals surface area contributed by atoms with Gasteiger partial charge in [0.2, 0.25) is 5.91 Å². The Balaban J connectivity index is 1.63. The first-order chi connectivity index (χ1) is 12.1. The zero-order valence-corrected chi connectivity index (χ0v) is 14.7. The standard InChI is InChI=1S/C18H18N4O2S/c1-13(25-18-21-19-12-22(18)2)17(23)20-14-7-6-10-16(11-14)24-15-8-4-3-5-9-15/h3-13H,1-2H3,(H,20,23). The minimum Gasteiger partial charge on any atom is -0.457 e. The lowest BCUT2D eigenvalue weighted by Gasteiger charge is -2.12. The van der Waals surface area contributed by atoms with E-state index in [1.165, 1.54) is 11.8 Å². The number of aromatic nitrogens is 3. The minimum absolute atomic E-state index is 0.107. The van der Waals surface area contributed by atoms with Gasteiger partial charge in [-0.3, -0.25) is 4.79 Å². The van der Waals surface area contributed by atoms with Crippen LogP contribution in [-0.4, -0.2) is 25.9 Å². The van der Waals surface area contributed by atoms with E-state index in [-0.39, 0.29) is 11.2 Å². The van der Waals surface area contributed by atoms with Crippen LogP contribution < -0.4 is 10.1 Å². The summed E-state index contributed by atoms with van der Waals surface area (Å²) >= 11 is 1.36. The summed E-state index contributed by atoms with van der Waals surface area (Å²) in [4.78, 5) is 12.4. The molecular formula is C18H18N4O2S.